The fourth-order valence-electron chi connectivity index (χ4n) is 3.42. The molecule has 28 heavy (non-hydrogen) atoms. The second kappa shape index (κ2) is 6.92. The van der Waals surface area contributed by atoms with Crippen LogP contribution in [0.1, 0.15) is 19.3 Å². The highest BCUT2D eigenvalue weighted by molar-refractivity contribution is 5.75. The fraction of sp³-hybridized carbons (Fsp3) is 0.190. The summed E-state index contributed by atoms with van der Waals surface area (Å²) in [5.74, 6) is 1.11. The second-order valence-electron chi connectivity index (χ2n) is 6.79. The van der Waals surface area contributed by atoms with E-state index in [1.807, 2.05) is 24.3 Å². The van der Waals surface area contributed by atoms with Gasteiger partial charge in [0.05, 0.1) is 6.20 Å². The van der Waals surface area contributed by atoms with Crippen LogP contribution in [0.2, 0.25) is 0 Å². The average Bonchev–Trinajstić information content (AvgIpc) is 3.16. The Balaban J connectivity index is 1.53. The summed E-state index contributed by atoms with van der Waals surface area (Å²) in [7, 11) is 0. The third-order valence-corrected chi connectivity index (χ3v) is 5.04. The van der Waals surface area contributed by atoms with Crippen LogP contribution in [0, 0.1) is 5.82 Å². The number of ether oxygens (including phenoxy) is 1. The molecule has 0 spiro atoms. The fourth-order valence-corrected chi connectivity index (χ4v) is 3.42. The molecule has 1 aliphatic rings. The predicted molar refractivity (Wildman–Crippen MR) is 103 cm³/mol. The largest absolute Gasteiger partial charge is 0.454 e. The molecule has 6 nitrogen and oxygen atoms in total. The van der Waals surface area contributed by atoms with Gasteiger partial charge in [-0.15, -0.1) is 0 Å². The van der Waals surface area contributed by atoms with E-state index in [2.05, 4.69) is 20.0 Å². The summed E-state index contributed by atoms with van der Waals surface area (Å²) in [4.78, 5) is 10.7. The van der Waals surface area contributed by atoms with E-state index in [4.69, 9.17) is 4.74 Å². The minimum absolute atomic E-state index is 0.195. The van der Waals surface area contributed by atoms with Gasteiger partial charge in [-0.2, -0.15) is 5.10 Å². The molecule has 1 fully saturated rings. The van der Waals surface area contributed by atoms with Crippen molar-refractivity contribution in [3.63, 3.8) is 0 Å². The van der Waals surface area contributed by atoms with Crippen LogP contribution in [-0.2, 0) is 0 Å². The van der Waals surface area contributed by atoms with Gasteiger partial charge in [-0.1, -0.05) is 18.2 Å². The molecule has 0 N–H and O–H groups in total. The Morgan fingerprint density at radius 3 is 2.71 bits per heavy atom. The first-order valence-corrected chi connectivity index (χ1v) is 9.24. The molecule has 0 aliphatic heterocycles. The number of rotatable bonds is 5. The van der Waals surface area contributed by atoms with Crippen molar-refractivity contribution in [1.29, 1.82) is 0 Å². The first-order chi connectivity index (χ1) is 13.8. The second-order valence-corrected chi connectivity index (χ2v) is 6.79. The molecule has 0 radical (unpaired) electrons. The molecule has 0 bridgehead atoms. The Labute approximate surface area is 161 Å². The van der Waals surface area contributed by atoms with Gasteiger partial charge in [0.1, 0.15) is 23.9 Å². The quantitative estimate of drug-likeness (QED) is 0.504. The molecule has 2 aromatic heterocycles. The summed E-state index contributed by atoms with van der Waals surface area (Å²) in [5.41, 5.74) is 1.53. The Kier molecular flexibility index (Phi) is 4.12. The molecule has 0 amide bonds. The summed E-state index contributed by atoms with van der Waals surface area (Å²) in [6.45, 7) is 0. The van der Waals surface area contributed by atoms with Crippen molar-refractivity contribution in [3.05, 3.63) is 73.2 Å². The lowest BCUT2D eigenvalue weighted by molar-refractivity contribution is 0.408. The van der Waals surface area contributed by atoms with Crippen molar-refractivity contribution in [2.45, 2.75) is 25.3 Å². The number of nitrogens with zero attached hydrogens (tertiary/aromatic N) is 5. The van der Waals surface area contributed by atoms with Gasteiger partial charge in [-0.05, 0) is 43.5 Å². The molecule has 140 valence electrons. The summed E-state index contributed by atoms with van der Waals surface area (Å²) < 4.78 is 22.2. The zero-order valence-corrected chi connectivity index (χ0v) is 15.1. The van der Waals surface area contributed by atoms with E-state index < -0.39 is 5.82 Å². The summed E-state index contributed by atoms with van der Waals surface area (Å²) >= 11 is 0. The van der Waals surface area contributed by atoms with Gasteiger partial charge in [0, 0.05) is 17.8 Å². The van der Waals surface area contributed by atoms with E-state index in [1.54, 1.807) is 35.2 Å². The van der Waals surface area contributed by atoms with Gasteiger partial charge >= 0.3 is 0 Å². The molecule has 2 aromatic carbocycles. The SMILES string of the molecule is Fc1cc(N(c2ncnn3cncc23)C2CCC2)ccc1Oc1ccccc1. The van der Waals surface area contributed by atoms with Gasteiger partial charge in [-0.25, -0.2) is 18.9 Å². The van der Waals surface area contributed by atoms with Crippen LogP contribution in [0.4, 0.5) is 15.9 Å². The predicted octanol–water partition coefficient (Wildman–Crippen LogP) is 4.75. The number of anilines is 2. The van der Waals surface area contributed by atoms with E-state index in [-0.39, 0.29) is 11.8 Å². The molecular formula is C21H18FN5O. The van der Waals surface area contributed by atoms with Gasteiger partial charge in [0.2, 0.25) is 0 Å². The molecule has 5 rings (SSSR count). The topological polar surface area (TPSA) is 55.6 Å². The molecular weight excluding hydrogens is 357 g/mol. The maximum atomic E-state index is 14.8. The van der Waals surface area contributed by atoms with Gasteiger partial charge in [0.15, 0.2) is 17.4 Å². The summed E-state index contributed by atoms with van der Waals surface area (Å²) in [5, 5.41) is 4.18. The molecule has 2 heterocycles. The number of halogens is 1. The Bertz CT molecular complexity index is 1110. The number of fused-ring (bicyclic) bond motifs is 1. The lowest BCUT2D eigenvalue weighted by Gasteiger charge is -2.38. The van der Waals surface area contributed by atoms with Crippen molar-refractivity contribution in [2.75, 3.05) is 4.90 Å². The molecule has 1 aliphatic carbocycles. The Hall–Kier alpha value is -3.48. The number of aromatic nitrogens is 4. The molecule has 0 atom stereocenters. The summed E-state index contributed by atoms with van der Waals surface area (Å²) in [6.07, 6.45) is 8.09. The Morgan fingerprint density at radius 2 is 1.96 bits per heavy atom. The molecule has 1 saturated carbocycles. The highest BCUT2D eigenvalue weighted by Gasteiger charge is 2.29. The lowest BCUT2D eigenvalue weighted by Crippen LogP contribution is -2.37. The number of para-hydroxylation sites is 1. The first-order valence-electron chi connectivity index (χ1n) is 9.24. The van der Waals surface area contributed by atoms with Gasteiger partial charge in [0.25, 0.3) is 0 Å². The van der Waals surface area contributed by atoms with Crippen molar-refractivity contribution >= 4 is 17.0 Å². The smallest absolute Gasteiger partial charge is 0.167 e. The summed E-state index contributed by atoms with van der Waals surface area (Å²) in [6, 6.07) is 14.5. The lowest BCUT2D eigenvalue weighted by atomic mass is 9.91. The standard InChI is InChI=1S/C21H18FN5O/c22-18-11-16(9-10-20(18)28-17-7-2-1-3-8-17)27(15-5-4-6-15)21-19-12-23-14-26(19)25-13-24-21/h1-3,7-15H,4-6H2. The van der Waals surface area contributed by atoms with Gasteiger partial charge in [-0.3, -0.25) is 0 Å². The van der Waals surface area contributed by atoms with Crippen LogP contribution in [0.5, 0.6) is 11.5 Å². The monoisotopic (exact) mass is 375 g/mol. The zero-order chi connectivity index (χ0) is 18.9. The van der Waals surface area contributed by atoms with Crippen LogP contribution < -0.4 is 9.64 Å². The zero-order valence-electron chi connectivity index (χ0n) is 15.1. The molecule has 0 unspecified atom stereocenters. The first kappa shape index (κ1) is 16.7. The third kappa shape index (κ3) is 2.94. The van der Waals surface area contributed by atoms with E-state index >= 15 is 0 Å². The third-order valence-electron chi connectivity index (χ3n) is 5.04. The maximum Gasteiger partial charge on any atom is 0.167 e. The van der Waals surface area contributed by atoms with E-state index in [0.717, 1.165) is 36.3 Å². The highest BCUT2D eigenvalue weighted by atomic mass is 19.1. The van der Waals surface area contributed by atoms with Gasteiger partial charge < -0.3 is 9.64 Å². The minimum Gasteiger partial charge on any atom is -0.454 e. The van der Waals surface area contributed by atoms with Crippen molar-refractivity contribution < 1.29 is 9.13 Å². The number of imidazole rings is 1. The van der Waals surface area contributed by atoms with Crippen LogP contribution in [-0.4, -0.2) is 25.6 Å². The van der Waals surface area contributed by atoms with Crippen LogP contribution in [0.3, 0.4) is 0 Å². The molecule has 7 heteroatoms. The van der Waals surface area contributed by atoms with E-state index in [1.165, 1.54) is 12.4 Å². The molecule has 4 aromatic rings. The number of hydrogen-bond acceptors (Lipinski definition) is 5. The normalized spacial score (nSPS) is 14.0. The van der Waals surface area contributed by atoms with Crippen molar-refractivity contribution in [1.82, 2.24) is 19.6 Å². The van der Waals surface area contributed by atoms with Crippen LogP contribution >= 0.6 is 0 Å². The number of hydrogen-bond donors (Lipinski definition) is 0. The maximum absolute atomic E-state index is 14.8. The minimum atomic E-state index is -0.413. The van der Waals surface area contributed by atoms with E-state index in [0.29, 0.717) is 5.75 Å². The van der Waals surface area contributed by atoms with Crippen molar-refractivity contribution in [3.8, 4) is 11.5 Å². The number of benzene rings is 2. The average molecular weight is 375 g/mol. The van der Waals surface area contributed by atoms with Crippen LogP contribution in [0.15, 0.2) is 67.4 Å². The highest BCUT2D eigenvalue weighted by Crippen LogP contribution is 2.38. The van der Waals surface area contributed by atoms with E-state index in [9.17, 15) is 4.39 Å². The van der Waals surface area contributed by atoms with Crippen molar-refractivity contribution in [2.24, 2.45) is 0 Å². The van der Waals surface area contributed by atoms with Crippen LogP contribution in [0.25, 0.3) is 5.52 Å². The molecule has 0 saturated heterocycles. The Morgan fingerprint density at radius 1 is 1.11 bits per heavy atom.